The van der Waals surface area contributed by atoms with Crippen LogP contribution in [0.15, 0.2) is 30.3 Å². The van der Waals surface area contributed by atoms with Crippen molar-refractivity contribution in [1.29, 1.82) is 0 Å². The van der Waals surface area contributed by atoms with Gasteiger partial charge in [-0.3, -0.25) is 9.63 Å². The maximum atomic E-state index is 14.1. The van der Waals surface area contributed by atoms with E-state index in [9.17, 15) is 18.0 Å². The molecule has 5 nitrogen and oxygen atoms in total. The van der Waals surface area contributed by atoms with E-state index in [2.05, 4.69) is 16.1 Å². The van der Waals surface area contributed by atoms with Gasteiger partial charge in [0.2, 0.25) is 0 Å². The van der Waals surface area contributed by atoms with Crippen molar-refractivity contribution in [2.75, 3.05) is 18.5 Å². The summed E-state index contributed by atoms with van der Waals surface area (Å²) in [7, 11) is 0. The Balaban J connectivity index is 0.00000176. The summed E-state index contributed by atoms with van der Waals surface area (Å²) < 4.78 is 41.6. The molecule has 2 aromatic rings. The Kier molecular flexibility index (Phi) is 8.85. The van der Waals surface area contributed by atoms with Gasteiger partial charge in [-0.2, -0.15) is 0 Å². The smallest absolute Gasteiger partial charge is 0.277 e. The number of aliphatic hydroxyl groups is 1. The molecule has 0 heterocycles. The predicted octanol–water partition coefficient (Wildman–Crippen LogP) is 3.51. The third-order valence-corrected chi connectivity index (χ3v) is 3.09. The summed E-state index contributed by atoms with van der Waals surface area (Å²) in [5.41, 5.74) is 1.13. The van der Waals surface area contributed by atoms with Crippen LogP contribution in [0.4, 0.5) is 24.5 Å². The van der Waals surface area contributed by atoms with Gasteiger partial charge in [-0.25, -0.2) is 18.7 Å². The first kappa shape index (κ1) is 22.0. The van der Waals surface area contributed by atoms with E-state index < -0.39 is 29.0 Å². The van der Waals surface area contributed by atoms with Gasteiger partial charge in [0.15, 0.2) is 11.6 Å². The summed E-state index contributed by atoms with van der Waals surface area (Å²) in [6.45, 7) is 3.45. The number of anilines is 2. The van der Waals surface area contributed by atoms with E-state index >= 15 is 0 Å². The third-order valence-electron chi connectivity index (χ3n) is 3.09. The van der Waals surface area contributed by atoms with Crippen molar-refractivity contribution >= 4 is 17.3 Å². The zero-order valence-electron chi connectivity index (χ0n) is 14.8. The van der Waals surface area contributed by atoms with Gasteiger partial charge >= 0.3 is 0 Å². The molecule has 0 saturated heterocycles. The van der Waals surface area contributed by atoms with Gasteiger partial charge in [-0.1, -0.05) is 19.8 Å². The van der Waals surface area contributed by atoms with Crippen molar-refractivity contribution in [2.45, 2.75) is 13.8 Å². The molecule has 144 valence electrons. The molecule has 3 N–H and O–H groups in total. The topological polar surface area (TPSA) is 70.6 Å². The molecule has 1 amide bonds. The first-order chi connectivity index (χ1) is 13.0. The Morgan fingerprint density at radius 2 is 1.89 bits per heavy atom. The van der Waals surface area contributed by atoms with Crippen molar-refractivity contribution in [3.63, 3.8) is 0 Å². The molecule has 0 fully saturated rings. The SMILES string of the molecule is C#Cc1ccc(Nc2c(C(=O)NOCCO)ccc(F)c2F)c(F)c1.CC. The van der Waals surface area contributed by atoms with Gasteiger partial charge in [-0.05, 0) is 30.3 Å². The van der Waals surface area contributed by atoms with Crippen molar-refractivity contribution < 1.29 is 27.9 Å². The molecular formula is C19H19F3N2O3. The average Bonchev–Trinajstić information content (AvgIpc) is 2.68. The molecule has 0 atom stereocenters. The minimum absolute atomic E-state index is 0.194. The van der Waals surface area contributed by atoms with E-state index in [-0.39, 0.29) is 30.0 Å². The van der Waals surface area contributed by atoms with Gasteiger partial charge in [0.25, 0.3) is 5.91 Å². The van der Waals surface area contributed by atoms with Gasteiger partial charge in [-0.15, -0.1) is 6.42 Å². The maximum absolute atomic E-state index is 14.1. The number of benzene rings is 2. The Bertz CT molecular complexity index is 836. The van der Waals surface area contributed by atoms with Crippen LogP contribution in [0.5, 0.6) is 0 Å². The number of halogens is 3. The molecule has 0 aromatic heterocycles. The molecule has 2 aromatic carbocycles. The Morgan fingerprint density at radius 3 is 2.48 bits per heavy atom. The molecule has 0 aliphatic carbocycles. The molecule has 0 bridgehead atoms. The molecule has 8 heteroatoms. The number of amides is 1. The minimum Gasteiger partial charge on any atom is -0.394 e. The number of carbonyl (C=O) groups excluding carboxylic acids is 1. The largest absolute Gasteiger partial charge is 0.394 e. The van der Waals surface area contributed by atoms with Crippen LogP contribution in [-0.4, -0.2) is 24.2 Å². The lowest BCUT2D eigenvalue weighted by molar-refractivity contribution is 0.0168. The molecule has 0 aliphatic heterocycles. The zero-order chi connectivity index (χ0) is 20.4. The van der Waals surface area contributed by atoms with Crippen LogP contribution in [0.2, 0.25) is 0 Å². The number of hydrogen-bond donors (Lipinski definition) is 3. The lowest BCUT2D eigenvalue weighted by Gasteiger charge is -2.14. The van der Waals surface area contributed by atoms with Crippen LogP contribution in [0.25, 0.3) is 0 Å². The van der Waals surface area contributed by atoms with Crippen LogP contribution in [0, 0.1) is 29.8 Å². The van der Waals surface area contributed by atoms with Crippen molar-refractivity contribution in [2.24, 2.45) is 0 Å². The van der Waals surface area contributed by atoms with Crippen molar-refractivity contribution in [3.8, 4) is 12.3 Å². The number of aliphatic hydroxyl groups excluding tert-OH is 1. The number of nitrogens with one attached hydrogen (secondary N) is 2. The predicted molar refractivity (Wildman–Crippen MR) is 95.8 cm³/mol. The van der Waals surface area contributed by atoms with Gasteiger partial charge in [0, 0.05) is 5.56 Å². The first-order valence-electron chi connectivity index (χ1n) is 8.02. The first-order valence-corrected chi connectivity index (χ1v) is 8.02. The van der Waals surface area contributed by atoms with E-state index in [1.807, 2.05) is 19.3 Å². The molecule has 0 spiro atoms. The van der Waals surface area contributed by atoms with Crippen LogP contribution in [0.1, 0.15) is 29.8 Å². The summed E-state index contributed by atoms with van der Waals surface area (Å²) in [5.74, 6) is -2.07. The summed E-state index contributed by atoms with van der Waals surface area (Å²) in [6.07, 6.45) is 5.16. The third kappa shape index (κ3) is 5.74. The van der Waals surface area contributed by atoms with E-state index in [4.69, 9.17) is 11.5 Å². The lowest BCUT2D eigenvalue weighted by atomic mass is 10.1. The van der Waals surface area contributed by atoms with Crippen molar-refractivity contribution in [3.05, 3.63) is 58.9 Å². The Morgan fingerprint density at radius 1 is 1.19 bits per heavy atom. The van der Waals surface area contributed by atoms with Crippen LogP contribution >= 0.6 is 0 Å². The zero-order valence-corrected chi connectivity index (χ0v) is 14.8. The monoisotopic (exact) mass is 380 g/mol. The summed E-state index contributed by atoms with van der Waals surface area (Å²) in [4.78, 5) is 16.7. The van der Waals surface area contributed by atoms with Crippen LogP contribution < -0.4 is 10.8 Å². The molecule has 2 rings (SSSR count). The highest BCUT2D eigenvalue weighted by Crippen LogP contribution is 2.28. The average molecular weight is 380 g/mol. The highest BCUT2D eigenvalue weighted by molar-refractivity contribution is 6.00. The second kappa shape index (κ2) is 10.9. The molecule has 0 saturated carbocycles. The fourth-order valence-corrected chi connectivity index (χ4v) is 1.92. The van der Waals surface area contributed by atoms with E-state index in [0.717, 1.165) is 18.2 Å². The van der Waals surface area contributed by atoms with Crippen LogP contribution in [-0.2, 0) is 4.84 Å². The van der Waals surface area contributed by atoms with Gasteiger partial charge in [0.1, 0.15) is 5.82 Å². The summed E-state index contributed by atoms with van der Waals surface area (Å²) in [6, 6.07) is 5.42. The van der Waals surface area contributed by atoms with Gasteiger partial charge < -0.3 is 10.4 Å². The Hall–Kier alpha value is -3.02. The standard InChI is InChI=1S/C17H13F3N2O3.C2H6/c1-2-10-3-6-14(13(19)9-10)21-16-11(4-5-12(18)15(16)20)17(24)22-25-8-7-23;1-2/h1,3-6,9,21,23H,7-8H2,(H,22,24);1-2H3. The number of hydrogen-bond acceptors (Lipinski definition) is 4. The van der Waals surface area contributed by atoms with E-state index in [0.29, 0.717) is 0 Å². The Labute approximate surface area is 155 Å². The maximum Gasteiger partial charge on any atom is 0.277 e. The number of hydroxylamine groups is 1. The molecular weight excluding hydrogens is 361 g/mol. The van der Waals surface area contributed by atoms with E-state index in [1.54, 1.807) is 0 Å². The second-order valence-electron chi connectivity index (χ2n) is 4.75. The highest BCUT2D eigenvalue weighted by Gasteiger charge is 2.20. The summed E-state index contributed by atoms with van der Waals surface area (Å²) >= 11 is 0. The van der Waals surface area contributed by atoms with Crippen LogP contribution in [0.3, 0.4) is 0 Å². The normalized spacial score (nSPS) is 9.67. The fourth-order valence-electron chi connectivity index (χ4n) is 1.92. The second-order valence-corrected chi connectivity index (χ2v) is 4.75. The minimum atomic E-state index is -1.37. The quantitative estimate of drug-likeness (QED) is 0.408. The molecule has 0 unspecified atom stereocenters. The van der Waals surface area contributed by atoms with Gasteiger partial charge in [0.05, 0.1) is 30.2 Å². The van der Waals surface area contributed by atoms with E-state index in [1.165, 1.54) is 12.1 Å². The lowest BCUT2D eigenvalue weighted by Crippen LogP contribution is -2.26. The molecule has 0 radical (unpaired) electrons. The molecule has 27 heavy (non-hydrogen) atoms. The van der Waals surface area contributed by atoms with Crippen molar-refractivity contribution in [1.82, 2.24) is 5.48 Å². The number of terminal acetylenes is 1. The number of carbonyl (C=O) groups is 1. The molecule has 0 aliphatic rings. The fraction of sp³-hybridized carbons (Fsp3) is 0.211. The number of rotatable bonds is 6. The highest BCUT2D eigenvalue weighted by atomic mass is 19.2. The summed E-state index contributed by atoms with van der Waals surface area (Å²) in [5, 5.41) is 10.9.